The molecule has 0 aliphatic rings. The normalized spacial score (nSPS) is 10.8. The fraction of sp³-hybridized carbons (Fsp3) is 0.286. The van der Waals surface area contributed by atoms with Crippen LogP contribution < -0.4 is 10.5 Å². The highest BCUT2D eigenvalue weighted by atomic mass is 79.9. The Morgan fingerprint density at radius 3 is 2.63 bits per heavy atom. The zero-order chi connectivity index (χ0) is 14.0. The molecule has 19 heavy (non-hydrogen) atoms. The van der Waals surface area contributed by atoms with Crippen molar-refractivity contribution < 1.29 is 4.74 Å². The van der Waals surface area contributed by atoms with E-state index in [4.69, 9.17) is 10.5 Å². The van der Waals surface area contributed by atoms with E-state index in [0.717, 1.165) is 16.0 Å². The Labute approximate surface area is 121 Å². The largest absolute Gasteiger partial charge is 0.438 e. The van der Waals surface area contributed by atoms with E-state index in [2.05, 4.69) is 39.7 Å². The maximum atomic E-state index is 5.78. The molecular weight excluding hydrogens is 306 g/mol. The molecule has 0 atom stereocenters. The van der Waals surface area contributed by atoms with Crippen LogP contribution in [0.25, 0.3) is 0 Å². The number of aryl methyl sites for hydroxylation is 1. The van der Waals surface area contributed by atoms with E-state index in [1.807, 2.05) is 25.1 Å². The molecular formula is C14H16BrN3O. The Balaban J connectivity index is 2.35. The van der Waals surface area contributed by atoms with Gasteiger partial charge in [0.1, 0.15) is 11.6 Å². The van der Waals surface area contributed by atoms with Gasteiger partial charge in [-0.25, -0.2) is 4.98 Å². The molecule has 5 heteroatoms. The third kappa shape index (κ3) is 3.44. The maximum absolute atomic E-state index is 5.78. The molecule has 0 aliphatic carbocycles. The van der Waals surface area contributed by atoms with Crippen molar-refractivity contribution in [1.82, 2.24) is 9.97 Å². The van der Waals surface area contributed by atoms with Crippen LogP contribution in [0.1, 0.15) is 31.3 Å². The molecule has 2 rings (SSSR count). The molecule has 2 N–H and O–H groups in total. The molecule has 0 amide bonds. The summed E-state index contributed by atoms with van der Waals surface area (Å²) in [6.45, 7) is 6.03. The zero-order valence-corrected chi connectivity index (χ0v) is 12.7. The van der Waals surface area contributed by atoms with E-state index in [9.17, 15) is 0 Å². The molecule has 0 bridgehead atoms. The summed E-state index contributed by atoms with van der Waals surface area (Å²) in [6.07, 6.45) is 0. The summed E-state index contributed by atoms with van der Waals surface area (Å²) in [7, 11) is 0. The molecule has 1 aromatic carbocycles. The van der Waals surface area contributed by atoms with Crippen molar-refractivity contribution in [1.29, 1.82) is 0 Å². The molecule has 4 nitrogen and oxygen atoms in total. The Hall–Kier alpha value is -1.62. The van der Waals surface area contributed by atoms with Crippen LogP contribution in [0.15, 0.2) is 28.7 Å². The van der Waals surface area contributed by atoms with Crippen LogP contribution in [0.2, 0.25) is 0 Å². The first-order valence-corrected chi connectivity index (χ1v) is 6.83. The Morgan fingerprint density at radius 1 is 1.21 bits per heavy atom. The maximum Gasteiger partial charge on any atom is 0.222 e. The first-order valence-electron chi connectivity index (χ1n) is 6.04. The smallest absolute Gasteiger partial charge is 0.222 e. The molecule has 0 aliphatic heterocycles. The molecule has 1 heterocycles. The second-order valence-corrected chi connectivity index (χ2v) is 5.51. The van der Waals surface area contributed by atoms with Gasteiger partial charge in [0.25, 0.3) is 0 Å². The van der Waals surface area contributed by atoms with Crippen molar-refractivity contribution in [2.45, 2.75) is 26.7 Å². The third-order valence-corrected chi connectivity index (χ3v) is 3.19. The number of aromatic nitrogens is 2. The van der Waals surface area contributed by atoms with Crippen molar-refractivity contribution in [3.63, 3.8) is 0 Å². The molecule has 0 saturated heterocycles. The second kappa shape index (κ2) is 5.57. The van der Waals surface area contributed by atoms with Gasteiger partial charge in [-0.3, -0.25) is 0 Å². The Morgan fingerprint density at radius 2 is 1.95 bits per heavy atom. The number of anilines is 1. The van der Waals surface area contributed by atoms with E-state index in [1.54, 1.807) is 6.07 Å². The molecule has 0 fully saturated rings. The highest BCUT2D eigenvalue weighted by Crippen LogP contribution is 2.31. The van der Waals surface area contributed by atoms with Gasteiger partial charge in [-0.2, -0.15) is 4.98 Å². The lowest BCUT2D eigenvalue weighted by Crippen LogP contribution is -2.01. The molecule has 0 spiro atoms. The summed E-state index contributed by atoms with van der Waals surface area (Å²) >= 11 is 3.43. The van der Waals surface area contributed by atoms with Gasteiger partial charge in [0, 0.05) is 29.4 Å². The number of nitrogens with zero attached hydrogens (tertiary/aromatic N) is 2. The van der Waals surface area contributed by atoms with Crippen molar-refractivity contribution in [2.75, 3.05) is 5.73 Å². The molecule has 2 aromatic rings. The summed E-state index contributed by atoms with van der Waals surface area (Å²) in [5.74, 6) is 2.21. The molecule has 100 valence electrons. The number of ether oxygens (including phenoxy) is 1. The van der Waals surface area contributed by atoms with Gasteiger partial charge in [-0.15, -0.1) is 0 Å². The van der Waals surface area contributed by atoms with Gasteiger partial charge < -0.3 is 10.5 Å². The van der Waals surface area contributed by atoms with Crippen LogP contribution in [0.3, 0.4) is 0 Å². The minimum atomic E-state index is 0.256. The number of nitrogens with two attached hydrogens (primary N) is 1. The summed E-state index contributed by atoms with van der Waals surface area (Å²) in [5.41, 5.74) is 7.29. The van der Waals surface area contributed by atoms with Gasteiger partial charge in [0.15, 0.2) is 0 Å². The Kier molecular flexibility index (Phi) is 4.04. The van der Waals surface area contributed by atoms with E-state index in [-0.39, 0.29) is 5.92 Å². The summed E-state index contributed by atoms with van der Waals surface area (Å²) < 4.78 is 6.62. The average Bonchev–Trinajstić information content (AvgIpc) is 2.33. The van der Waals surface area contributed by atoms with Gasteiger partial charge in [-0.1, -0.05) is 13.8 Å². The molecule has 1 aromatic heterocycles. The minimum absolute atomic E-state index is 0.256. The van der Waals surface area contributed by atoms with Crippen molar-refractivity contribution >= 4 is 21.6 Å². The number of hydrogen-bond acceptors (Lipinski definition) is 4. The third-order valence-electron chi connectivity index (χ3n) is 2.53. The molecule has 0 unspecified atom stereocenters. The van der Waals surface area contributed by atoms with Crippen molar-refractivity contribution in [2.24, 2.45) is 0 Å². The topological polar surface area (TPSA) is 61.0 Å². The number of rotatable bonds is 3. The van der Waals surface area contributed by atoms with Gasteiger partial charge in [-0.05, 0) is 35.0 Å². The number of halogens is 1. The number of benzene rings is 1. The lowest BCUT2D eigenvalue weighted by atomic mass is 10.2. The lowest BCUT2D eigenvalue weighted by Gasteiger charge is -2.11. The molecule has 0 saturated carbocycles. The highest BCUT2D eigenvalue weighted by molar-refractivity contribution is 9.10. The van der Waals surface area contributed by atoms with Crippen LogP contribution in [-0.4, -0.2) is 9.97 Å². The molecule has 0 radical (unpaired) electrons. The average molecular weight is 322 g/mol. The minimum Gasteiger partial charge on any atom is -0.438 e. The fourth-order valence-electron chi connectivity index (χ4n) is 1.58. The first kappa shape index (κ1) is 13.8. The quantitative estimate of drug-likeness (QED) is 0.866. The van der Waals surface area contributed by atoms with Crippen LogP contribution in [0.4, 0.5) is 5.69 Å². The SMILES string of the molecule is Cc1cc(Oc2cc(N)ccc2Br)nc(C(C)C)n1. The highest BCUT2D eigenvalue weighted by Gasteiger charge is 2.09. The predicted octanol–water partition coefficient (Wildman–Crippen LogP) is 4.05. The van der Waals surface area contributed by atoms with Crippen LogP contribution in [0.5, 0.6) is 11.6 Å². The van der Waals surface area contributed by atoms with Gasteiger partial charge in [0.05, 0.1) is 4.47 Å². The summed E-state index contributed by atoms with van der Waals surface area (Å²) in [6, 6.07) is 7.22. The van der Waals surface area contributed by atoms with Crippen molar-refractivity contribution in [3.05, 3.63) is 40.3 Å². The standard InChI is InChI=1S/C14H16BrN3O/c1-8(2)14-17-9(3)6-13(18-14)19-12-7-10(16)4-5-11(12)15/h4-8H,16H2,1-3H3. The second-order valence-electron chi connectivity index (χ2n) is 4.65. The number of nitrogen functional groups attached to an aromatic ring is 1. The van der Waals surface area contributed by atoms with Gasteiger partial charge in [0.2, 0.25) is 5.88 Å². The van der Waals surface area contributed by atoms with Crippen LogP contribution in [-0.2, 0) is 0 Å². The van der Waals surface area contributed by atoms with E-state index < -0.39 is 0 Å². The summed E-state index contributed by atoms with van der Waals surface area (Å²) in [4.78, 5) is 8.79. The van der Waals surface area contributed by atoms with Crippen LogP contribution in [0, 0.1) is 6.92 Å². The lowest BCUT2D eigenvalue weighted by molar-refractivity contribution is 0.453. The zero-order valence-electron chi connectivity index (χ0n) is 11.1. The monoisotopic (exact) mass is 321 g/mol. The number of hydrogen-bond donors (Lipinski definition) is 1. The van der Waals surface area contributed by atoms with E-state index in [1.165, 1.54) is 0 Å². The van der Waals surface area contributed by atoms with E-state index >= 15 is 0 Å². The van der Waals surface area contributed by atoms with Gasteiger partial charge >= 0.3 is 0 Å². The fourth-order valence-corrected chi connectivity index (χ4v) is 1.91. The predicted molar refractivity (Wildman–Crippen MR) is 79.5 cm³/mol. The van der Waals surface area contributed by atoms with E-state index in [0.29, 0.717) is 17.3 Å². The Bertz CT molecular complexity index is 599. The summed E-state index contributed by atoms with van der Waals surface area (Å²) in [5, 5.41) is 0. The first-order chi connectivity index (χ1) is 8.95. The van der Waals surface area contributed by atoms with Crippen molar-refractivity contribution in [3.8, 4) is 11.6 Å². The van der Waals surface area contributed by atoms with Crippen LogP contribution >= 0.6 is 15.9 Å².